The van der Waals surface area contributed by atoms with Crippen molar-refractivity contribution in [1.82, 2.24) is 25.7 Å². The Hall–Kier alpha value is -1.82. The number of aryl methyl sites for hydroxylation is 2. The smallest absolute Gasteiger partial charge is 0.249 e. The molecule has 6 nitrogen and oxygen atoms in total. The van der Waals surface area contributed by atoms with Gasteiger partial charge in [-0.3, -0.25) is 0 Å². The summed E-state index contributed by atoms with van der Waals surface area (Å²) in [6.07, 6.45) is 1.53. The van der Waals surface area contributed by atoms with Crippen LogP contribution < -0.4 is 5.32 Å². The number of aromatic nitrogens is 4. The van der Waals surface area contributed by atoms with Crippen molar-refractivity contribution >= 4 is 0 Å². The van der Waals surface area contributed by atoms with Gasteiger partial charge in [-0.05, 0) is 26.0 Å². The molecule has 0 bridgehead atoms. The van der Waals surface area contributed by atoms with Crippen LogP contribution in [0.2, 0.25) is 0 Å². The molecule has 2 aromatic heterocycles. The molecule has 0 spiro atoms. The third-order valence-electron chi connectivity index (χ3n) is 2.79. The number of likely N-dealkylation sites (N-methyl/N-ethyl adjacent to an activating group) is 1. The van der Waals surface area contributed by atoms with Crippen molar-refractivity contribution in [1.29, 1.82) is 0 Å². The Kier molecular flexibility index (Phi) is 4.57. The van der Waals surface area contributed by atoms with Gasteiger partial charge in [0.1, 0.15) is 0 Å². The van der Waals surface area contributed by atoms with Crippen molar-refractivity contribution in [2.45, 2.75) is 33.6 Å². The second-order valence-corrected chi connectivity index (χ2v) is 4.30. The number of hydrogen-bond donors (Lipinski definition) is 1. The summed E-state index contributed by atoms with van der Waals surface area (Å²) in [7, 11) is 0. The van der Waals surface area contributed by atoms with Crippen LogP contribution in [-0.2, 0) is 12.8 Å². The van der Waals surface area contributed by atoms with Crippen molar-refractivity contribution in [3.05, 3.63) is 23.3 Å². The highest BCUT2D eigenvalue weighted by Crippen LogP contribution is 2.21. The predicted molar refractivity (Wildman–Crippen MR) is 71.7 cm³/mol. The average molecular weight is 261 g/mol. The van der Waals surface area contributed by atoms with Crippen LogP contribution in [0.4, 0.5) is 0 Å². The second-order valence-electron chi connectivity index (χ2n) is 4.30. The molecule has 0 fully saturated rings. The van der Waals surface area contributed by atoms with Gasteiger partial charge in [0.05, 0.1) is 17.0 Å². The van der Waals surface area contributed by atoms with E-state index in [0.29, 0.717) is 11.8 Å². The van der Waals surface area contributed by atoms with Crippen LogP contribution in [-0.4, -0.2) is 33.5 Å². The van der Waals surface area contributed by atoms with Gasteiger partial charge >= 0.3 is 0 Å². The average Bonchev–Trinajstić information content (AvgIpc) is 2.88. The highest BCUT2D eigenvalue weighted by atomic mass is 16.4. The minimum Gasteiger partial charge on any atom is -0.421 e. The molecule has 0 unspecified atom stereocenters. The molecule has 0 radical (unpaired) electrons. The summed E-state index contributed by atoms with van der Waals surface area (Å²) in [5, 5.41) is 19.6. The standard InChI is InChI=1S/C13H19N5O/c1-4-11-10(8-9(3)15-16-11)13-18-17-12(19-13)6-7-14-5-2/h8,14H,4-7H2,1-3H3. The second kappa shape index (κ2) is 6.38. The molecule has 1 N–H and O–H groups in total. The van der Waals surface area contributed by atoms with Gasteiger partial charge in [-0.1, -0.05) is 13.8 Å². The lowest BCUT2D eigenvalue weighted by atomic mass is 10.1. The van der Waals surface area contributed by atoms with E-state index in [1.54, 1.807) is 0 Å². The van der Waals surface area contributed by atoms with E-state index in [2.05, 4.69) is 32.6 Å². The van der Waals surface area contributed by atoms with Gasteiger partial charge in [-0.25, -0.2) is 0 Å². The minimum atomic E-state index is 0.529. The summed E-state index contributed by atoms with van der Waals surface area (Å²) in [4.78, 5) is 0. The first-order valence-electron chi connectivity index (χ1n) is 6.61. The van der Waals surface area contributed by atoms with Gasteiger partial charge < -0.3 is 9.73 Å². The van der Waals surface area contributed by atoms with E-state index in [4.69, 9.17) is 4.42 Å². The topological polar surface area (TPSA) is 76.7 Å². The Balaban J connectivity index is 2.20. The molecule has 102 valence electrons. The Morgan fingerprint density at radius 3 is 2.74 bits per heavy atom. The molecule has 2 rings (SSSR count). The molecule has 6 heteroatoms. The largest absolute Gasteiger partial charge is 0.421 e. The first kappa shape index (κ1) is 13.6. The van der Waals surface area contributed by atoms with E-state index in [9.17, 15) is 0 Å². The Labute approximate surface area is 112 Å². The highest BCUT2D eigenvalue weighted by Gasteiger charge is 2.13. The maximum absolute atomic E-state index is 5.68. The van der Waals surface area contributed by atoms with Crippen LogP contribution in [0.3, 0.4) is 0 Å². The molecule has 0 amide bonds. The zero-order chi connectivity index (χ0) is 13.7. The lowest BCUT2D eigenvalue weighted by molar-refractivity contribution is 0.495. The fourth-order valence-corrected chi connectivity index (χ4v) is 1.80. The van der Waals surface area contributed by atoms with Crippen molar-refractivity contribution in [3.63, 3.8) is 0 Å². The summed E-state index contributed by atoms with van der Waals surface area (Å²) in [5.74, 6) is 1.17. The monoisotopic (exact) mass is 261 g/mol. The lowest BCUT2D eigenvalue weighted by Gasteiger charge is -2.02. The van der Waals surface area contributed by atoms with Crippen molar-refractivity contribution < 1.29 is 4.42 Å². The molecule has 19 heavy (non-hydrogen) atoms. The van der Waals surface area contributed by atoms with Gasteiger partial charge in [0.25, 0.3) is 0 Å². The first-order valence-corrected chi connectivity index (χ1v) is 6.61. The van der Waals surface area contributed by atoms with Crippen molar-refractivity contribution in [3.8, 4) is 11.5 Å². The first-order chi connectivity index (χ1) is 9.24. The zero-order valence-electron chi connectivity index (χ0n) is 11.6. The van der Waals surface area contributed by atoms with Crippen LogP contribution in [0.25, 0.3) is 11.5 Å². The molecule has 0 aliphatic heterocycles. The predicted octanol–water partition coefficient (Wildman–Crippen LogP) is 1.55. The SMILES string of the molecule is CCNCCc1nnc(-c2cc(C)nnc2CC)o1. The van der Waals surface area contributed by atoms with E-state index in [0.717, 1.165) is 42.9 Å². The van der Waals surface area contributed by atoms with Gasteiger partial charge in [-0.2, -0.15) is 10.2 Å². The normalized spacial score (nSPS) is 10.9. The van der Waals surface area contributed by atoms with Gasteiger partial charge in [0.15, 0.2) is 0 Å². The third kappa shape index (κ3) is 3.35. The highest BCUT2D eigenvalue weighted by molar-refractivity contribution is 5.56. The molecule has 0 aliphatic carbocycles. The molecule has 0 aromatic carbocycles. The summed E-state index contributed by atoms with van der Waals surface area (Å²) >= 11 is 0. The molecule has 0 saturated heterocycles. The number of rotatable bonds is 6. The van der Waals surface area contributed by atoms with Crippen molar-refractivity contribution in [2.75, 3.05) is 13.1 Å². The van der Waals surface area contributed by atoms with Gasteiger partial charge in [0.2, 0.25) is 11.8 Å². The fraction of sp³-hybridized carbons (Fsp3) is 0.538. The van der Waals surface area contributed by atoms with Crippen LogP contribution in [0.15, 0.2) is 10.5 Å². The number of nitrogens with one attached hydrogen (secondary N) is 1. The molecule has 0 aliphatic rings. The van der Waals surface area contributed by atoms with E-state index in [1.165, 1.54) is 0 Å². The summed E-state index contributed by atoms with van der Waals surface area (Å²) in [5.41, 5.74) is 2.62. The quantitative estimate of drug-likeness (QED) is 0.795. The maximum atomic E-state index is 5.68. The van der Waals surface area contributed by atoms with Crippen molar-refractivity contribution in [2.24, 2.45) is 0 Å². The summed E-state index contributed by atoms with van der Waals surface area (Å²) in [6.45, 7) is 7.78. The Morgan fingerprint density at radius 2 is 2.00 bits per heavy atom. The maximum Gasteiger partial charge on any atom is 0.249 e. The molecular weight excluding hydrogens is 242 g/mol. The summed E-state index contributed by atoms with van der Waals surface area (Å²) in [6, 6.07) is 1.94. The summed E-state index contributed by atoms with van der Waals surface area (Å²) < 4.78 is 5.68. The van der Waals surface area contributed by atoms with E-state index in [1.807, 2.05) is 19.9 Å². The minimum absolute atomic E-state index is 0.529. The molecule has 0 saturated carbocycles. The van der Waals surface area contributed by atoms with Crippen LogP contribution in [0.5, 0.6) is 0 Å². The fourth-order valence-electron chi connectivity index (χ4n) is 1.80. The third-order valence-corrected chi connectivity index (χ3v) is 2.79. The number of nitrogens with zero attached hydrogens (tertiary/aromatic N) is 4. The number of hydrogen-bond acceptors (Lipinski definition) is 6. The molecule has 0 atom stereocenters. The van der Waals surface area contributed by atoms with Crippen LogP contribution in [0, 0.1) is 6.92 Å². The Bertz CT molecular complexity index is 538. The lowest BCUT2D eigenvalue weighted by Crippen LogP contribution is -2.16. The van der Waals surface area contributed by atoms with Gasteiger partial charge in [0, 0.05) is 13.0 Å². The zero-order valence-corrected chi connectivity index (χ0v) is 11.6. The molecule has 2 aromatic rings. The van der Waals surface area contributed by atoms with E-state index < -0.39 is 0 Å². The van der Waals surface area contributed by atoms with Crippen LogP contribution in [0.1, 0.15) is 31.1 Å². The van der Waals surface area contributed by atoms with E-state index in [-0.39, 0.29) is 0 Å². The van der Waals surface area contributed by atoms with Gasteiger partial charge in [-0.15, -0.1) is 10.2 Å². The van der Waals surface area contributed by atoms with Crippen LogP contribution >= 0.6 is 0 Å². The molecule has 2 heterocycles. The van der Waals surface area contributed by atoms with E-state index >= 15 is 0 Å². The Morgan fingerprint density at radius 1 is 1.16 bits per heavy atom. The molecular formula is C13H19N5O.